The van der Waals surface area contributed by atoms with E-state index in [-0.39, 0.29) is 23.1 Å². The molecule has 0 spiro atoms. The predicted molar refractivity (Wildman–Crippen MR) is 356 cm³/mol. The molecule has 0 unspecified atom stereocenters. The lowest BCUT2D eigenvalue weighted by atomic mass is 9.95. The molecule has 6 heteroatoms. The maximum Gasteiger partial charge on any atom is 0.193 e. The average molecular weight is 1130 g/mol. The van der Waals surface area contributed by atoms with E-state index in [1.165, 1.54) is 0 Å². The van der Waals surface area contributed by atoms with Crippen LogP contribution in [0.1, 0.15) is 63.7 Å². The van der Waals surface area contributed by atoms with Gasteiger partial charge in [-0.3, -0.25) is 19.2 Å². The van der Waals surface area contributed by atoms with Gasteiger partial charge in [0.15, 0.2) is 23.1 Å². The molecule has 2 aromatic heterocycles. The van der Waals surface area contributed by atoms with Gasteiger partial charge in [-0.05, 0) is 99.1 Å². The zero-order valence-corrected chi connectivity index (χ0v) is 47.5. The van der Waals surface area contributed by atoms with Crippen LogP contribution in [-0.4, -0.2) is 32.3 Å². The molecule has 15 aromatic rings. The van der Waals surface area contributed by atoms with Crippen molar-refractivity contribution in [3.8, 4) is 55.9 Å². The molecule has 0 aliphatic heterocycles. The Balaban J connectivity index is 0.924. The van der Waals surface area contributed by atoms with Crippen LogP contribution >= 0.6 is 0 Å². The minimum atomic E-state index is -0.0418. The molecule has 0 N–H and O–H groups in total. The molecule has 6 nitrogen and oxygen atoms in total. The second-order valence-corrected chi connectivity index (χ2v) is 22.2. The summed E-state index contributed by atoms with van der Waals surface area (Å²) < 4.78 is 4.76. The Hall–Kier alpha value is -11.9. The first kappa shape index (κ1) is 52.9. The third kappa shape index (κ3) is 9.61. The second-order valence-electron chi connectivity index (χ2n) is 22.2. The first-order valence-electron chi connectivity index (χ1n) is 29.4. The molecule has 0 saturated carbocycles. The van der Waals surface area contributed by atoms with Crippen molar-refractivity contribution >= 4 is 66.7 Å². The number of benzene rings is 13. The Morgan fingerprint density at radius 1 is 0.205 bits per heavy atom. The number of rotatable bonds is 14. The Bertz CT molecular complexity index is 4980. The lowest BCUT2D eigenvalue weighted by Gasteiger charge is -2.16. The summed E-state index contributed by atoms with van der Waals surface area (Å²) in [4.78, 5) is 54.8. The van der Waals surface area contributed by atoms with Crippen molar-refractivity contribution in [2.45, 2.75) is 0 Å². The molecule has 13 aromatic carbocycles. The highest BCUT2D eigenvalue weighted by Crippen LogP contribution is 2.44. The molecule has 0 fully saturated rings. The molecule has 0 aliphatic rings. The van der Waals surface area contributed by atoms with E-state index >= 15 is 0 Å². The van der Waals surface area contributed by atoms with Crippen molar-refractivity contribution in [3.05, 3.63) is 360 Å². The van der Waals surface area contributed by atoms with Crippen LogP contribution in [0.25, 0.3) is 99.5 Å². The summed E-state index contributed by atoms with van der Waals surface area (Å²) in [6.07, 6.45) is 0. The van der Waals surface area contributed by atoms with Gasteiger partial charge < -0.3 is 9.13 Å². The van der Waals surface area contributed by atoms with Gasteiger partial charge in [-0.1, -0.05) is 261 Å². The van der Waals surface area contributed by atoms with Gasteiger partial charge in [0.2, 0.25) is 0 Å². The molecule has 0 aliphatic carbocycles. The number of hydrogen-bond acceptors (Lipinski definition) is 4. The quantitative estimate of drug-likeness (QED) is 0.102. The third-order valence-corrected chi connectivity index (χ3v) is 16.9. The monoisotopic (exact) mass is 1130 g/mol. The van der Waals surface area contributed by atoms with E-state index in [1.54, 1.807) is 0 Å². The van der Waals surface area contributed by atoms with Crippen molar-refractivity contribution in [3.63, 3.8) is 0 Å². The van der Waals surface area contributed by atoms with Crippen molar-refractivity contribution in [1.82, 2.24) is 9.13 Å². The number of carbonyl (C=O) groups excluding carboxylic acids is 4. The van der Waals surface area contributed by atoms with Gasteiger partial charge in [-0.25, -0.2) is 0 Å². The first-order chi connectivity index (χ1) is 43.3. The van der Waals surface area contributed by atoms with E-state index in [4.69, 9.17) is 0 Å². The normalized spacial score (nSPS) is 11.4. The summed E-state index contributed by atoms with van der Waals surface area (Å²) in [6.45, 7) is 0. The number of para-hydroxylation sites is 2. The van der Waals surface area contributed by atoms with E-state index in [9.17, 15) is 19.2 Å². The molecule has 0 amide bonds. The zero-order valence-electron chi connectivity index (χ0n) is 47.5. The summed E-state index contributed by atoms with van der Waals surface area (Å²) in [5.74, 6) is -0.166. The molecule has 88 heavy (non-hydrogen) atoms. The summed E-state index contributed by atoms with van der Waals surface area (Å²) >= 11 is 0. The van der Waals surface area contributed by atoms with Crippen molar-refractivity contribution in [1.29, 1.82) is 0 Å². The smallest absolute Gasteiger partial charge is 0.193 e. The molecule has 2 heterocycles. The largest absolute Gasteiger partial charge is 0.309 e. The second kappa shape index (κ2) is 22.3. The van der Waals surface area contributed by atoms with Crippen LogP contribution in [0.15, 0.2) is 315 Å². The Labute approximate surface area is 508 Å². The highest BCUT2D eigenvalue weighted by atomic mass is 16.1. The van der Waals surface area contributed by atoms with Crippen LogP contribution < -0.4 is 0 Å². The van der Waals surface area contributed by atoms with Gasteiger partial charge >= 0.3 is 0 Å². The molecule has 0 bridgehead atoms. The van der Waals surface area contributed by atoms with Crippen LogP contribution in [0.2, 0.25) is 0 Å². The summed E-state index contributed by atoms with van der Waals surface area (Å²) in [5, 5.41) is 4.34. The van der Waals surface area contributed by atoms with E-state index in [1.807, 2.05) is 218 Å². The van der Waals surface area contributed by atoms with Crippen LogP contribution in [0, 0.1) is 0 Å². The molecule has 0 radical (unpaired) electrons. The molecule has 0 saturated heterocycles. The highest BCUT2D eigenvalue weighted by molar-refractivity contribution is 6.26. The van der Waals surface area contributed by atoms with Gasteiger partial charge in [0.25, 0.3) is 0 Å². The fourth-order valence-electron chi connectivity index (χ4n) is 12.5. The molecular weight excluding hydrogens is 1080 g/mol. The van der Waals surface area contributed by atoms with Crippen molar-refractivity contribution in [2.75, 3.05) is 0 Å². The van der Waals surface area contributed by atoms with Gasteiger partial charge in [0.1, 0.15) is 0 Å². The van der Waals surface area contributed by atoms with Gasteiger partial charge in [0.05, 0.1) is 22.1 Å². The summed E-state index contributed by atoms with van der Waals surface area (Å²) in [5.41, 5.74) is 18.5. The molecule has 414 valence electrons. The maximum atomic E-state index is 13.7. The van der Waals surface area contributed by atoms with E-state index < -0.39 is 0 Å². The SMILES string of the molecule is O=C(c1ccccc1)c1ccc(-c2cc(-c3ccc(C(=O)c4ccccc4)cc3)cc(-n3c4ccccc4c4c3ccc3c5ccccc5n(-c5cc(-c6ccc(C(=O)c7ccccc7)cc6)cc(-c6ccc(C(=O)c7ccccc7)cc6)c5)c34)c2)cc1. The summed E-state index contributed by atoms with van der Waals surface area (Å²) in [7, 11) is 0. The standard InChI is InChI=1S/C82H52N2O4/c85-79(57-17-5-1-6-18-57)61-37-29-53(30-38-61)65-47-66(54-31-39-62(40-32-54)80(86)58-19-7-2-8-20-58)50-69(49-65)83-75-28-16-14-26-73(75)77-76(83)46-45-72-71-25-13-15-27-74(71)84(78(72)77)70-51-67(55-33-41-63(42-34-55)81(87)59-21-9-3-10-22-59)48-68(52-70)56-35-43-64(44-36-56)82(88)60-23-11-4-12-24-60/h1-52H. The van der Waals surface area contributed by atoms with Gasteiger partial charge in [-0.2, -0.15) is 0 Å². The van der Waals surface area contributed by atoms with Crippen LogP contribution in [0.4, 0.5) is 0 Å². The van der Waals surface area contributed by atoms with Crippen LogP contribution in [0.5, 0.6) is 0 Å². The third-order valence-electron chi connectivity index (χ3n) is 16.9. The van der Waals surface area contributed by atoms with E-state index in [0.29, 0.717) is 44.5 Å². The average Bonchev–Trinajstić information content (AvgIpc) is 1.56. The van der Waals surface area contributed by atoms with E-state index in [2.05, 4.69) is 106 Å². The number of hydrogen-bond donors (Lipinski definition) is 0. The number of ketones is 4. The fourth-order valence-corrected chi connectivity index (χ4v) is 12.5. The first-order valence-corrected chi connectivity index (χ1v) is 29.4. The minimum absolute atomic E-state index is 0.0413. The minimum Gasteiger partial charge on any atom is -0.309 e. The Morgan fingerprint density at radius 2 is 0.489 bits per heavy atom. The number of carbonyl (C=O) groups is 4. The fraction of sp³-hybridized carbons (Fsp3) is 0. The number of fused-ring (bicyclic) bond motifs is 7. The number of nitrogens with zero attached hydrogens (tertiary/aromatic N) is 2. The Kier molecular flexibility index (Phi) is 13.4. The Morgan fingerprint density at radius 3 is 0.841 bits per heavy atom. The number of aromatic nitrogens is 2. The van der Waals surface area contributed by atoms with E-state index in [0.717, 1.165) is 99.5 Å². The zero-order chi connectivity index (χ0) is 59.2. The lowest BCUT2D eigenvalue weighted by Crippen LogP contribution is -2.01. The summed E-state index contributed by atoms with van der Waals surface area (Å²) in [6, 6.07) is 104. The predicted octanol–water partition coefficient (Wildman–Crippen LogP) is 19.5. The van der Waals surface area contributed by atoms with Gasteiger partial charge in [-0.15, -0.1) is 0 Å². The topological polar surface area (TPSA) is 78.1 Å². The maximum absolute atomic E-state index is 13.7. The highest BCUT2D eigenvalue weighted by Gasteiger charge is 2.24. The van der Waals surface area contributed by atoms with Crippen LogP contribution in [-0.2, 0) is 0 Å². The molecule has 15 rings (SSSR count). The van der Waals surface area contributed by atoms with Gasteiger partial charge in [0, 0.05) is 77.4 Å². The van der Waals surface area contributed by atoms with Crippen LogP contribution in [0.3, 0.4) is 0 Å². The molecule has 0 atom stereocenters. The lowest BCUT2D eigenvalue weighted by molar-refractivity contribution is 0.103. The van der Waals surface area contributed by atoms with Crippen molar-refractivity contribution in [2.24, 2.45) is 0 Å². The van der Waals surface area contributed by atoms with Crippen molar-refractivity contribution < 1.29 is 19.2 Å². The molecular formula is C82H52N2O4.